The highest BCUT2D eigenvalue weighted by molar-refractivity contribution is 7.47. The fourth-order valence-corrected chi connectivity index (χ4v) is 13.2. The van der Waals surface area contributed by atoms with Gasteiger partial charge in [-0.2, -0.15) is 0 Å². The molecule has 0 fully saturated rings. The summed E-state index contributed by atoms with van der Waals surface area (Å²) in [6, 6.07) is 0. The summed E-state index contributed by atoms with van der Waals surface area (Å²) in [5, 5.41) is 10.6. The van der Waals surface area contributed by atoms with Gasteiger partial charge in [0.25, 0.3) is 0 Å². The van der Waals surface area contributed by atoms with Gasteiger partial charge in [0.1, 0.15) is 19.3 Å². The molecule has 0 saturated heterocycles. The van der Waals surface area contributed by atoms with Gasteiger partial charge in [0.05, 0.1) is 26.4 Å². The minimum atomic E-state index is -4.96. The molecule has 0 bridgehead atoms. The summed E-state index contributed by atoms with van der Waals surface area (Å²) in [4.78, 5) is 72.8. The Hall–Kier alpha value is -1.94. The lowest BCUT2D eigenvalue weighted by Gasteiger charge is -2.21. The Balaban J connectivity index is 5.23. The number of rotatable bonds is 75. The fraction of sp³-hybridized carbons (Fsp3) is 0.947. The lowest BCUT2D eigenvalue weighted by atomic mass is 9.99. The lowest BCUT2D eigenvalue weighted by molar-refractivity contribution is -0.161. The van der Waals surface area contributed by atoms with Crippen LogP contribution in [-0.2, 0) is 65.4 Å². The van der Waals surface area contributed by atoms with E-state index in [9.17, 15) is 43.2 Å². The third-order valence-electron chi connectivity index (χ3n) is 18.1. The molecule has 0 saturated carbocycles. The van der Waals surface area contributed by atoms with Crippen LogP contribution in [0, 0.1) is 11.8 Å². The van der Waals surface area contributed by atoms with E-state index in [1.54, 1.807) is 0 Å². The van der Waals surface area contributed by atoms with Gasteiger partial charge >= 0.3 is 39.5 Å². The maximum atomic E-state index is 13.1. The molecule has 95 heavy (non-hydrogen) atoms. The number of phosphoric ester groups is 2. The summed E-state index contributed by atoms with van der Waals surface area (Å²) in [5.41, 5.74) is 0. The maximum absolute atomic E-state index is 13.1. The second kappa shape index (κ2) is 67.9. The molecule has 3 unspecified atom stereocenters. The molecule has 0 radical (unpaired) electrons. The molecule has 0 aromatic heterocycles. The highest BCUT2D eigenvalue weighted by Crippen LogP contribution is 2.45. The molecule has 564 valence electrons. The first kappa shape index (κ1) is 93.1. The molecule has 0 amide bonds. The van der Waals surface area contributed by atoms with Crippen LogP contribution in [0.15, 0.2) is 0 Å². The van der Waals surface area contributed by atoms with Crippen molar-refractivity contribution < 1.29 is 80.2 Å². The zero-order chi connectivity index (χ0) is 70.0. The number of hydrogen-bond acceptors (Lipinski definition) is 15. The second-order valence-electron chi connectivity index (χ2n) is 28.1. The first-order chi connectivity index (χ1) is 45.9. The topological polar surface area (TPSA) is 237 Å². The minimum absolute atomic E-state index is 0.104. The van der Waals surface area contributed by atoms with Crippen molar-refractivity contribution in [2.45, 2.75) is 413 Å². The van der Waals surface area contributed by atoms with Crippen molar-refractivity contribution in [2.24, 2.45) is 11.8 Å². The summed E-state index contributed by atoms with van der Waals surface area (Å²) >= 11 is 0. The Labute approximate surface area is 581 Å². The van der Waals surface area contributed by atoms with Crippen LogP contribution in [0.2, 0.25) is 0 Å². The first-order valence-electron chi connectivity index (χ1n) is 39.5. The van der Waals surface area contributed by atoms with Crippen molar-refractivity contribution in [2.75, 3.05) is 39.6 Å². The molecule has 19 heteroatoms. The Morgan fingerprint density at radius 2 is 0.537 bits per heavy atom. The predicted molar refractivity (Wildman–Crippen MR) is 386 cm³/mol. The normalized spacial score (nSPS) is 14.3. The quantitative estimate of drug-likeness (QED) is 0.0222. The van der Waals surface area contributed by atoms with Gasteiger partial charge in [-0.05, 0) is 37.5 Å². The lowest BCUT2D eigenvalue weighted by Crippen LogP contribution is -2.30. The highest BCUT2D eigenvalue weighted by atomic mass is 31.2. The Bertz CT molecular complexity index is 1840. The van der Waals surface area contributed by atoms with Crippen LogP contribution >= 0.6 is 15.6 Å². The number of esters is 4. The van der Waals surface area contributed by atoms with E-state index in [-0.39, 0.29) is 25.7 Å². The van der Waals surface area contributed by atoms with Gasteiger partial charge in [-0.15, -0.1) is 0 Å². The first-order valence-corrected chi connectivity index (χ1v) is 42.5. The Kier molecular flexibility index (Phi) is 66.5. The van der Waals surface area contributed by atoms with Gasteiger partial charge in [-0.1, -0.05) is 343 Å². The van der Waals surface area contributed by atoms with E-state index < -0.39 is 97.5 Å². The predicted octanol–water partition coefficient (Wildman–Crippen LogP) is 22.3. The van der Waals surface area contributed by atoms with E-state index in [2.05, 4.69) is 41.5 Å². The number of carbonyl (C=O) groups is 4. The van der Waals surface area contributed by atoms with Gasteiger partial charge in [0, 0.05) is 25.7 Å². The van der Waals surface area contributed by atoms with Crippen LogP contribution in [0.25, 0.3) is 0 Å². The van der Waals surface area contributed by atoms with Gasteiger partial charge in [-0.25, -0.2) is 9.13 Å². The van der Waals surface area contributed by atoms with Gasteiger partial charge < -0.3 is 33.8 Å². The second-order valence-corrected chi connectivity index (χ2v) is 31.0. The van der Waals surface area contributed by atoms with Crippen LogP contribution < -0.4 is 0 Å². The molecule has 0 aliphatic carbocycles. The Morgan fingerprint density at radius 1 is 0.305 bits per heavy atom. The molecule has 0 aromatic carbocycles. The van der Waals surface area contributed by atoms with E-state index in [0.717, 1.165) is 102 Å². The van der Waals surface area contributed by atoms with Crippen molar-refractivity contribution in [3.63, 3.8) is 0 Å². The van der Waals surface area contributed by atoms with E-state index in [4.69, 9.17) is 37.0 Å². The van der Waals surface area contributed by atoms with Crippen LogP contribution in [0.1, 0.15) is 395 Å². The average Bonchev–Trinajstić information content (AvgIpc) is 2.19. The molecular weight excluding hydrogens is 1250 g/mol. The average molecular weight is 1400 g/mol. The van der Waals surface area contributed by atoms with Crippen molar-refractivity contribution in [3.8, 4) is 0 Å². The molecule has 6 atom stereocenters. The SMILES string of the molecule is CCCCCCCCCCCCCCCCCCCC(=O)OC[C@H](COP(=O)(O)OC[C@@H](O)COP(=O)(O)OC[C@@H](COC(=O)CCCCCCCCC(C)C)OC(=O)CCCCCCCCCCC(C)CC)OC(=O)CCCCCCCCCCCCCCCCCCC. The van der Waals surface area contributed by atoms with Gasteiger partial charge in [0.2, 0.25) is 0 Å². The van der Waals surface area contributed by atoms with Crippen molar-refractivity contribution in [1.29, 1.82) is 0 Å². The number of aliphatic hydroxyl groups is 1. The highest BCUT2D eigenvalue weighted by Gasteiger charge is 2.30. The third-order valence-corrected chi connectivity index (χ3v) is 20.0. The van der Waals surface area contributed by atoms with Crippen molar-refractivity contribution in [1.82, 2.24) is 0 Å². The number of carbonyl (C=O) groups excluding carboxylic acids is 4. The summed E-state index contributed by atoms with van der Waals surface area (Å²) < 4.78 is 68.5. The molecule has 0 spiro atoms. The van der Waals surface area contributed by atoms with Crippen LogP contribution in [0.4, 0.5) is 0 Å². The van der Waals surface area contributed by atoms with E-state index in [0.29, 0.717) is 31.6 Å². The summed E-state index contributed by atoms with van der Waals surface area (Å²) in [6.07, 6.45) is 55.6. The van der Waals surface area contributed by atoms with Gasteiger partial charge in [-0.3, -0.25) is 37.3 Å². The molecule has 17 nitrogen and oxygen atoms in total. The van der Waals surface area contributed by atoms with Crippen molar-refractivity contribution >= 4 is 39.5 Å². The molecule has 0 heterocycles. The van der Waals surface area contributed by atoms with Crippen LogP contribution in [0.5, 0.6) is 0 Å². The monoisotopic (exact) mass is 1400 g/mol. The summed E-state index contributed by atoms with van der Waals surface area (Å²) in [7, 11) is -9.91. The summed E-state index contributed by atoms with van der Waals surface area (Å²) in [5.74, 6) is -0.669. The number of unbranched alkanes of at least 4 members (excludes halogenated alkanes) is 44. The molecule has 0 aromatic rings. The Morgan fingerprint density at radius 3 is 0.800 bits per heavy atom. The minimum Gasteiger partial charge on any atom is -0.462 e. The van der Waals surface area contributed by atoms with Crippen LogP contribution in [-0.4, -0.2) is 96.7 Å². The molecule has 0 aliphatic heterocycles. The largest absolute Gasteiger partial charge is 0.472 e. The molecular formula is C76H148O17P2. The maximum Gasteiger partial charge on any atom is 0.472 e. The van der Waals surface area contributed by atoms with E-state index >= 15 is 0 Å². The third kappa shape index (κ3) is 69.0. The fourth-order valence-electron chi connectivity index (χ4n) is 11.6. The molecule has 3 N–H and O–H groups in total. The van der Waals surface area contributed by atoms with Gasteiger partial charge in [0.15, 0.2) is 12.2 Å². The smallest absolute Gasteiger partial charge is 0.462 e. The number of aliphatic hydroxyl groups excluding tert-OH is 1. The summed E-state index contributed by atoms with van der Waals surface area (Å²) in [6.45, 7) is 9.51. The number of ether oxygens (including phenoxy) is 4. The standard InChI is InChI=1S/C76H148O17P2/c1-7-10-12-14-16-18-20-22-24-26-28-30-32-34-39-46-52-58-73(78)86-64-71(92-75(80)60-54-48-40-35-33-31-29-27-25-23-21-19-17-15-13-11-8-2)66-90-94(82,83)88-62-70(77)63-89-95(84,85)91-67-72(65-87-74(79)59-53-47-43-42-44-50-56-68(4)5)93-76(81)61-55-49-41-37-36-38-45-51-57-69(6)9-3/h68-72,77H,7-67H2,1-6H3,(H,82,83)(H,84,85)/t69?,70-,71-,72-/m1/s1. The molecule has 0 aliphatic rings. The number of phosphoric acid groups is 2. The van der Waals surface area contributed by atoms with E-state index in [1.807, 2.05) is 0 Å². The van der Waals surface area contributed by atoms with Crippen LogP contribution in [0.3, 0.4) is 0 Å². The van der Waals surface area contributed by atoms with E-state index in [1.165, 1.54) is 205 Å². The van der Waals surface area contributed by atoms with Crippen molar-refractivity contribution in [3.05, 3.63) is 0 Å². The zero-order valence-electron chi connectivity index (χ0n) is 62.0. The number of hydrogen-bond donors (Lipinski definition) is 3. The molecule has 0 rings (SSSR count). The zero-order valence-corrected chi connectivity index (χ0v) is 63.8.